The van der Waals surface area contributed by atoms with Crippen LogP contribution < -0.4 is 24.4 Å². The Balaban J connectivity index is 1.39. The highest BCUT2D eigenvalue weighted by Crippen LogP contribution is 2.31. The standard InChI is InChI=1S/C35H39N3O8S/c1-25-31(37-47(2,43)44)13-7-14-33(25)38(22-26-9-4-3-5-10-26)23-27-16-18-28(19-17-27)46-30-12-6-11-29(21-30)45-20-8-15-34(40)36-32(24-39)35(41)42/h3-7,9-14,16-19,21,32,37,39H,8,15,20,22-24H2,1-2H3,(H,36,40)(H,41,42)/t32-/m0/s1. The molecule has 4 aromatic rings. The number of carboxylic acid groups (broad SMARTS) is 1. The number of nitrogens with zero attached hydrogens (tertiary/aromatic N) is 1. The van der Waals surface area contributed by atoms with Gasteiger partial charge in [-0.25, -0.2) is 13.2 Å². The maximum absolute atomic E-state index is 12.0. The molecule has 0 fully saturated rings. The number of aliphatic hydroxyl groups is 1. The predicted molar refractivity (Wildman–Crippen MR) is 180 cm³/mol. The van der Waals surface area contributed by atoms with Gasteiger partial charge < -0.3 is 29.9 Å². The number of carboxylic acids is 1. The first-order valence-electron chi connectivity index (χ1n) is 15.0. The van der Waals surface area contributed by atoms with Crippen LogP contribution >= 0.6 is 0 Å². The lowest BCUT2D eigenvalue weighted by atomic mass is 10.1. The zero-order valence-electron chi connectivity index (χ0n) is 26.3. The fourth-order valence-electron chi connectivity index (χ4n) is 4.83. The molecule has 0 saturated heterocycles. The molecule has 4 aromatic carbocycles. The van der Waals surface area contributed by atoms with Crippen LogP contribution in [0.1, 0.15) is 29.5 Å². The van der Waals surface area contributed by atoms with Gasteiger partial charge in [0.1, 0.15) is 23.3 Å². The van der Waals surface area contributed by atoms with Crippen LogP contribution in [-0.4, -0.2) is 56.0 Å². The van der Waals surface area contributed by atoms with E-state index in [1.54, 1.807) is 30.3 Å². The number of sulfonamides is 1. The lowest BCUT2D eigenvalue weighted by Gasteiger charge is -2.28. The van der Waals surface area contributed by atoms with E-state index >= 15 is 0 Å². The van der Waals surface area contributed by atoms with Crippen molar-refractivity contribution in [2.45, 2.75) is 38.9 Å². The van der Waals surface area contributed by atoms with E-state index in [4.69, 9.17) is 19.7 Å². The first-order chi connectivity index (χ1) is 22.5. The number of nitrogens with one attached hydrogen (secondary N) is 2. The molecule has 4 N–H and O–H groups in total. The first-order valence-corrected chi connectivity index (χ1v) is 16.9. The van der Waals surface area contributed by atoms with E-state index in [2.05, 4.69) is 27.1 Å². The lowest BCUT2D eigenvalue weighted by Crippen LogP contribution is -2.43. The number of aliphatic hydroxyl groups excluding tert-OH is 1. The molecule has 47 heavy (non-hydrogen) atoms. The maximum Gasteiger partial charge on any atom is 0.328 e. The molecule has 0 bridgehead atoms. The van der Waals surface area contributed by atoms with Crippen molar-refractivity contribution >= 4 is 33.3 Å². The number of hydrogen-bond donors (Lipinski definition) is 4. The minimum absolute atomic E-state index is 0.0532. The molecule has 0 heterocycles. The number of amides is 1. The molecule has 0 aromatic heterocycles. The Morgan fingerprint density at radius 2 is 1.51 bits per heavy atom. The van der Waals surface area contributed by atoms with Gasteiger partial charge in [0.05, 0.1) is 25.2 Å². The van der Waals surface area contributed by atoms with Crippen LogP contribution in [0, 0.1) is 6.92 Å². The molecule has 4 rings (SSSR count). The van der Waals surface area contributed by atoms with Crippen LogP contribution in [0.25, 0.3) is 0 Å². The van der Waals surface area contributed by atoms with Gasteiger partial charge in [0, 0.05) is 31.3 Å². The molecule has 0 spiro atoms. The van der Waals surface area contributed by atoms with Crippen molar-refractivity contribution in [3.05, 3.63) is 114 Å². The zero-order chi connectivity index (χ0) is 33.8. The summed E-state index contributed by atoms with van der Waals surface area (Å²) in [5, 5.41) is 20.2. The summed E-state index contributed by atoms with van der Waals surface area (Å²) in [7, 11) is -3.44. The number of carbonyl (C=O) groups excluding carboxylic acids is 1. The molecule has 0 radical (unpaired) electrons. The Kier molecular flexibility index (Phi) is 12.2. The van der Waals surface area contributed by atoms with Crippen LogP contribution in [0.2, 0.25) is 0 Å². The van der Waals surface area contributed by atoms with Gasteiger partial charge in [0.15, 0.2) is 0 Å². The monoisotopic (exact) mass is 661 g/mol. The number of rotatable bonds is 17. The van der Waals surface area contributed by atoms with Crippen molar-refractivity contribution in [2.75, 3.05) is 29.1 Å². The third-order valence-corrected chi connectivity index (χ3v) is 7.72. The highest BCUT2D eigenvalue weighted by atomic mass is 32.2. The molecule has 0 saturated carbocycles. The van der Waals surface area contributed by atoms with Gasteiger partial charge in [-0.05, 0) is 66.4 Å². The minimum Gasteiger partial charge on any atom is -0.493 e. The number of benzene rings is 4. The summed E-state index contributed by atoms with van der Waals surface area (Å²) < 4.78 is 38.3. The smallest absolute Gasteiger partial charge is 0.328 e. The summed E-state index contributed by atoms with van der Waals surface area (Å²) >= 11 is 0. The molecule has 248 valence electrons. The van der Waals surface area contributed by atoms with Crippen molar-refractivity contribution in [3.8, 4) is 17.2 Å². The largest absolute Gasteiger partial charge is 0.493 e. The van der Waals surface area contributed by atoms with Crippen LogP contribution in [0.15, 0.2) is 97.1 Å². The van der Waals surface area contributed by atoms with Crippen molar-refractivity contribution in [1.82, 2.24) is 5.32 Å². The van der Waals surface area contributed by atoms with E-state index in [0.717, 1.165) is 28.6 Å². The van der Waals surface area contributed by atoms with E-state index < -0.39 is 34.5 Å². The Hall–Kier alpha value is -5.07. The molecule has 0 unspecified atom stereocenters. The number of hydrogen-bond acceptors (Lipinski definition) is 8. The number of ether oxygens (including phenoxy) is 2. The highest BCUT2D eigenvalue weighted by molar-refractivity contribution is 7.92. The minimum atomic E-state index is -3.44. The predicted octanol–water partition coefficient (Wildman–Crippen LogP) is 5.09. The second-order valence-corrected chi connectivity index (χ2v) is 12.7. The van der Waals surface area contributed by atoms with Crippen molar-refractivity contribution < 1.29 is 37.7 Å². The van der Waals surface area contributed by atoms with Gasteiger partial charge in [-0.15, -0.1) is 0 Å². The highest BCUT2D eigenvalue weighted by Gasteiger charge is 2.18. The van der Waals surface area contributed by atoms with Crippen LogP contribution in [0.5, 0.6) is 17.2 Å². The summed E-state index contributed by atoms with van der Waals surface area (Å²) in [4.78, 5) is 25.1. The molecular weight excluding hydrogens is 622 g/mol. The van der Waals surface area contributed by atoms with Gasteiger partial charge in [0.2, 0.25) is 15.9 Å². The average molecular weight is 662 g/mol. The molecule has 11 nitrogen and oxygen atoms in total. The van der Waals surface area contributed by atoms with Crippen molar-refractivity contribution in [2.24, 2.45) is 0 Å². The van der Waals surface area contributed by atoms with E-state index in [9.17, 15) is 18.0 Å². The van der Waals surface area contributed by atoms with Crippen molar-refractivity contribution in [1.29, 1.82) is 0 Å². The number of anilines is 2. The maximum atomic E-state index is 12.0. The summed E-state index contributed by atoms with van der Waals surface area (Å²) in [5.74, 6) is -0.0266. The van der Waals surface area contributed by atoms with Crippen LogP contribution in [0.4, 0.5) is 11.4 Å². The Morgan fingerprint density at radius 3 is 2.17 bits per heavy atom. The molecule has 1 amide bonds. The van der Waals surface area contributed by atoms with Gasteiger partial charge in [0.25, 0.3) is 0 Å². The molecule has 0 aliphatic rings. The summed E-state index contributed by atoms with van der Waals surface area (Å²) in [5.41, 5.74) is 4.43. The Morgan fingerprint density at radius 1 is 0.851 bits per heavy atom. The normalized spacial score (nSPS) is 11.7. The molecular formula is C35H39N3O8S. The number of carbonyl (C=O) groups is 2. The van der Waals surface area contributed by atoms with Gasteiger partial charge >= 0.3 is 5.97 Å². The van der Waals surface area contributed by atoms with Crippen LogP contribution in [-0.2, 0) is 32.7 Å². The van der Waals surface area contributed by atoms with E-state index in [1.807, 2.05) is 61.5 Å². The fraction of sp³-hybridized carbons (Fsp3) is 0.257. The second-order valence-electron chi connectivity index (χ2n) is 11.0. The SMILES string of the molecule is Cc1c(NS(C)(=O)=O)cccc1N(Cc1ccccc1)Cc1ccc(Oc2cccc(OCCCC(=O)N[C@@H](CO)C(=O)O)c2)cc1. The fourth-order valence-corrected chi connectivity index (χ4v) is 5.45. The average Bonchev–Trinajstić information content (AvgIpc) is 3.03. The molecule has 12 heteroatoms. The second kappa shape index (κ2) is 16.5. The molecule has 0 aliphatic heterocycles. The van der Waals surface area contributed by atoms with E-state index in [1.165, 1.54) is 0 Å². The summed E-state index contributed by atoms with van der Waals surface area (Å²) in [6, 6.07) is 29.2. The first kappa shape index (κ1) is 34.8. The van der Waals surface area contributed by atoms with Crippen LogP contribution in [0.3, 0.4) is 0 Å². The summed E-state index contributed by atoms with van der Waals surface area (Å²) in [6.45, 7) is 2.64. The third-order valence-electron chi connectivity index (χ3n) is 7.13. The van der Waals surface area contributed by atoms with E-state index in [0.29, 0.717) is 42.4 Å². The van der Waals surface area contributed by atoms with Gasteiger partial charge in [-0.3, -0.25) is 9.52 Å². The molecule has 0 aliphatic carbocycles. The Labute approximate surface area is 274 Å². The molecule has 1 atom stereocenters. The third kappa shape index (κ3) is 11.0. The van der Waals surface area contributed by atoms with Gasteiger partial charge in [-0.2, -0.15) is 0 Å². The lowest BCUT2D eigenvalue weighted by molar-refractivity contribution is -0.143. The number of aliphatic carboxylic acids is 1. The van der Waals surface area contributed by atoms with Crippen molar-refractivity contribution in [3.63, 3.8) is 0 Å². The Bertz CT molecular complexity index is 1750. The summed E-state index contributed by atoms with van der Waals surface area (Å²) in [6.07, 6.45) is 1.55. The quantitative estimate of drug-likeness (QED) is 0.113. The zero-order valence-corrected chi connectivity index (χ0v) is 27.1. The topological polar surface area (TPSA) is 154 Å². The van der Waals surface area contributed by atoms with Gasteiger partial charge in [-0.1, -0.05) is 54.6 Å². The van der Waals surface area contributed by atoms with E-state index in [-0.39, 0.29) is 13.0 Å².